The van der Waals surface area contributed by atoms with Crippen molar-refractivity contribution in [3.63, 3.8) is 0 Å². The highest BCUT2D eigenvalue weighted by atomic mass is 79.9. The third kappa shape index (κ3) is 6.11. The maximum atomic E-state index is 10.2. The summed E-state index contributed by atoms with van der Waals surface area (Å²) < 4.78 is 0.0752. The van der Waals surface area contributed by atoms with Gasteiger partial charge in [-0.15, -0.1) is 0 Å². The van der Waals surface area contributed by atoms with Gasteiger partial charge in [0, 0.05) is 13.0 Å². The molecule has 0 aliphatic carbocycles. The molecule has 0 aliphatic rings. The summed E-state index contributed by atoms with van der Waals surface area (Å²) in [6.45, 7) is 0.823. The zero-order valence-corrected chi connectivity index (χ0v) is 6.73. The fourth-order valence-corrected chi connectivity index (χ4v) is 0.489. The lowest BCUT2D eigenvalue weighted by molar-refractivity contribution is -0.110. The highest BCUT2D eigenvalue weighted by molar-refractivity contribution is 9.18. The Labute approximate surface area is 58.0 Å². The van der Waals surface area contributed by atoms with E-state index in [0.717, 1.165) is 6.54 Å². The first-order valence-electron chi connectivity index (χ1n) is 2.46. The molecule has 0 aromatic carbocycles. The largest absolute Gasteiger partial charge is 0.309 e. The third-order valence-corrected chi connectivity index (χ3v) is 1.15. The van der Waals surface area contributed by atoms with Crippen LogP contribution in [0.2, 0.25) is 0 Å². The zero-order valence-electron chi connectivity index (χ0n) is 5.15. The van der Waals surface area contributed by atoms with Crippen molar-refractivity contribution in [3.8, 4) is 0 Å². The molecule has 0 atom stereocenters. The van der Waals surface area contributed by atoms with E-state index in [9.17, 15) is 4.79 Å². The molecule has 0 fully saturated rings. The lowest BCUT2D eigenvalue weighted by Gasteiger charge is -2.04. The normalized spacial score (nSPS) is 10.0. The molecule has 2 nitrogen and oxygen atoms in total. The number of hydrogen-bond donors (Lipinski definition) is 0. The van der Waals surface area contributed by atoms with Crippen LogP contribution < -0.4 is 0 Å². The Balaban J connectivity index is 3.05. The standard InChI is InChI=1S/C5H10BrNO/c1-7(2)4-3-5(6)8/h3-4H2,1-2H3. The van der Waals surface area contributed by atoms with Gasteiger partial charge in [0.2, 0.25) is 0 Å². The molecule has 0 saturated carbocycles. The zero-order chi connectivity index (χ0) is 6.57. The molecule has 0 saturated heterocycles. The molecule has 0 rings (SSSR count). The van der Waals surface area contributed by atoms with Gasteiger partial charge in [-0.1, -0.05) is 0 Å². The SMILES string of the molecule is CN(C)CCC(=O)Br. The van der Waals surface area contributed by atoms with Gasteiger partial charge in [0.15, 0.2) is 4.69 Å². The van der Waals surface area contributed by atoms with E-state index in [2.05, 4.69) is 15.9 Å². The number of carbonyl (C=O) groups excluding carboxylic acids is 1. The van der Waals surface area contributed by atoms with Crippen molar-refractivity contribution in [2.75, 3.05) is 20.6 Å². The minimum Gasteiger partial charge on any atom is -0.309 e. The van der Waals surface area contributed by atoms with Crippen LogP contribution in [0.5, 0.6) is 0 Å². The van der Waals surface area contributed by atoms with E-state index in [-0.39, 0.29) is 4.69 Å². The van der Waals surface area contributed by atoms with Crippen LogP contribution in [0.1, 0.15) is 6.42 Å². The molecule has 0 unspecified atom stereocenters. The van der Waals surface area contributed by atoms with Crippen molar-refractivity contribution in [2.45, 2.75) is 6.42 Å². The number of nitrogens with zero attached hydrogens (tertiary/aromatic N) is 1. The van der Waals surface area contributed by atoms with Crippen LogP contribution in [0.15, 0.2) is 0 Å². The van der Waals surface area contributed by atoms with Gasteiger partial charge < -0.3 is 4.90 Å². The van der Waals surface area contributed by atoms with Gasteiger partial charge in [0.05, 0.1) is 0 Å². The maximum absolute atomic E-state index is 10.2. The van der Waals surface area contributed by atoms with E-state index >= 15 is 0 Å². The first kappa shape index (κ1) is 8.11. The molecule has 0 N–H and O–H groups in total. The van der Waals surface area contributed by atoms with Crippen molar-refractivity contribution in [3.05, 3.63) is 0 Å². The topological polar surface area (TPSA) is 20.3 Å². The smallest absolute Gasteiger partial charge is 0.199 e. The summed E-state index contributed by atoms with van der Waals surface area (Å²) >= 11 is 2.84. The van der Waals surface area contributed by atoms with E-state index in [1.54, 1.807) is 0 Å². The van der Waals surface area contributed by atoms with Crippen LogP contribution in [0.4, 0.5) is 0 Å². The molecular weight excluding hydrogens is 170 g/mol. The van der Waals surface area contributed by atoms with Crippen molar-refractivity contribution >= 4 is 20.6 Å². The molecule has 0 spiro atoms. The Bertz CT molecular complexity index is 82.5. The van der Waals surface area contributed by atoms with E-state index in [1.807, 2.05) is 19.0 Å². The fourth-order valence-electron chi connectivity index (χ4n) is 0.312. The minimum absolute atomic E-state index is 0.0752. The highest BCUT2D eigenvalue weighted by Crippen LogP contribution is 1.91. The van der Waals surface area contributed by atoms with Crippen molar-refractivity contribution in [1.82, 2.24) is 4.90 Å². The molecule has 0 amide bonds. The molecule has 3 heteroatoms. The van der Waals surface area contributed by atoms with E-state index in [4.69, 9.17) is 0 Å². The van der Waals surface area contributed by atoms with E-state index in [1.165, 1.54) is 0 Å². The lowest BCUT2D eigenvalue weighted by Crippen LogP contribution is -2.14. The second kappa shape index (κ2) is 4.04. The summed E-state index contributed by atoms with van der Waals surface area (Å²) in [5.41, 5.74) is 0. The number of halogens is 1. The lowest BCUT2D eigenvalue weighted by atomic mass is 10.4. The van der Waals surface area contributed by atoms with E-state index in [0.29, 0.717) is 6.42 Å². The average Bonchev–Trinajstić information content (AvgIpc) is 1.61. The predicted molar refractivity (Wildman–Crippen MR) is 37.1 cm³/mol. The first-order valence-corrected chi connectivity index (χ1v) is 3.25. The van der Waals surface area contributed by atoms with Crippen LogP contribution >= 0.6 is 15.9 Å². The minimum atomic E-state index is 0.0752. The third-order valence-electron chi connectivity index (χ3n) is 0.756. The molecule has 0 aromatic heterocycles. The van der Waals surface area contributed by atoms with Crippen molar-refractivity contribution < 1.29 is 4.79 Å². The van der Waals surface area contributed by atoms with Gasteiger partial charge in [0.25, 0.3) is 0 Å². The summed E-state index contributed by atoms with van der Waals surface area (Å²) in [5.74, 6) is 0. The van der Waals surface area contributed by atoms with Crippen LogP contribution in [0.25, 0.3) is 0 Å². The Kier molecular flexibility index (Phi) is 4.09. The van der Waals surface area contributed by atoms with Gasteiger partial charge in [-0.25, -0.2) is 0 Å². The quantitative estimate of drug-likeness (QED) is 0.600. The van der Waals surface area contributed by atoms with Gasteiger partial charge in [-0.2, -0.15) is 0 Å². The molecule has 0 radical (unpaired) electrons. The second-order valence-electron chi connectivity index (χ2n) is 1.91. The fraction of sp³-hybridized carbons (Fsp3) is 0.800. The van der Waals surface area contributed by atoms with Gasteiger partial charge in [0.1, 0.15) is 0 Å². The Morgan fingerprint density at radius 1 is 1.62 bits per heavy atom. The van der Waals surface area contributed by atoms with Crippen molar-refractivity contribution in [1.29, 1.82) is 0 Å². The van der Waals surface area contributed by atoms with Crippen LogP contribution in [0, 0.1) is 0 Å². The maximum Gasteiger partial charge on any atom is 0.199 e. The summed E-state index contributed by atoms with van der Waals surface area (Å²) in [7, 11) is 3.88. The van der Waals surface area contributed by atoms with Gasteiger partial charge in [-0.05, 0) is 30.0 Å². The summed E-state index contributed by atoms with van der Waals surface area (Å²) in [4.78, 5) is 12.2. The second-order valence-corrected chi connectivity index (χ2v) is 2.79. The summed E-state index contributed by atoms with van der Waals surface area (Å²) in [6.07, 6.45) is 0.590. The van der Waals surface area contributed by atoms with Gasteiger partial charge >= 0.3 is 0 Å². The molecule has 0 bridgehead atoms. The average molecular weight is 180 g/mol. The van der Waals surface area contributed by atoms with E-state index < -0.39 is 0 Å². The van der Waals surface area contributed by atoms with Crippen LogP contribution in [-0.2, 0) is 4.79 Å². The van der Waals surface area contributed by atoms with Gasteiger partial charge in [-0.3, -0.25) is 4.79 Å². The summed E-state index contributed by atoms with van der Waals surface area (Å²) in [6, 6.07) is 0. The molecular formula is C5H10BrNO. The van der Waals surface area contributed by atoms with Crippen LogP contribution in [0.3, 0.4) is 0 Å². The highest BCUT2D eigenvalue weighted by Gasteiger charge is 1.94. The Morgan fingerprint density at radius 3 is 2.25 bits per heavy atom. The monoisotopic (exact) mass is 179 g/mol. The van der Waals surface area contributed by atoms with Crippen molar-refractivity contribution in [2.24, 2.45) is 0 Å². The Hall–Kier alpha value is 0.110. The molecule has 48 valence electrons. The molecule has 8 heavy (non-hydrogen) atoms. The predicted octanol–water partition coefficient (Wildman–Crippen LogP) is 0.860. The Morgan fingerprint density at radius 2 is 2.12 bits per heavy atom. The molecule has 0 aromatic rings. The molecule has 0 heterocycles. The van der Waals surface area contributed by atoms with Crippen LogP contribution in [-0.4, -0.2) is 30.2 Å². The number of hydrogen-bond acceptors (Lipinski definition) is 2. The summed E-state index contributed by atoms with van der Waals surface area (Å²) in [5, 5.41) is 0. The number of rotatable bonds is 3. The number of carbonyl (C=O) groups is 1. The first-order chi connectivity index (χ1) is 3.63. The molecule has 0 aliphatic heterocycles.